The van der Waals surface area contributed by atoms with Crippen LogP contribution in [0.15, 0.2) is 97.2 Å². The first-order chi connectivity index (χ1) is 37.0. The number of amides is 1. The molecule has 0 aromatic rings. The van der Waals surface area contributed by atoms with Crippen LogP contribution in [0, 0.1) is 0 Å². The van der Waals surface area contributed by atoms with Crippen molar-refractivity contribution in [2.24, 2.45) is 0 Å². The number of phosphoric acid groups is 1. The lowest BCUT2D eigenvalue weighted by molar-refractivity contribution is -0.870. The van der Waals surface area contributed by atoms with Gasteiger partial charge < -0.3 is 19.8 Å². The highest BCUT2D eigenvalue weighted by atomic mass is 31.2. The first-order valence-corrected chi connectivity index (χ1v) is 33.1. The summed E-state index contributed by atoms with van der Waals surface area (Å²) < 4.78 is 23.8. The van der Waals surface area contributed by atoms with E-state index in [1.54, 1.807) is 6.08 Å². The summed E-state index contributed by atoms with van der Waals surface area (Å²) in [6, 6.07) is -0.853. The van der Waals surface area contributed by atoms with E-state index in [2.05, 4.69) is 104 Å². The quantitative estimate of drug-likeness (QED) is 0.0243. The molecule has 0 aromatic carbocycles. The molecule has 9 heteroatoms. The summed E-state index contributed by atoms with van der Waals surface area (Å²) in [5.41, 5.74) is 0. The molecule has 0 aliphatic heterocycles. The number of allylic oxidation sites excluding steroid dienone is 15. The van der Waals surface area contributed by atoms with Gasteiger partial charge in [0.25, 0.3) is 0 Å². The molecule has 0 aromatic heterocycles. The van der Waals surface area contributed by atoms with E-state index in [1.807, 2.05) is 27.2 Å². The number of likely N-dealkylation sites (N-methyl/N-ethyl adjacent to an activating group) is 1. The van der Waals surface area contributed by atoms with Crippen molar-refractivity contribution in [1.82, 2.24) is 5.32 Å². The van der Waals surface area contributed by atoms with Gasteiger partial charge in [-0.05, 0) is 77.0 Å². The number of aliphatic hydroxyl groups excluding tert-OH is 1. The molecule has 0 fully saturated rings. The van der Waals surface area contributed by atoms with Crippen LogP contribution in [0.1, 0.15) is 271 Å². The van der Waals surface area contributed by atoms with Gasteiger partial charge in [0.1, 0.15) is 13.2 Å². The minimum Gasteiger partial charge on any atom is -0.387 e. The predicted octanol–water partition coefficient (Wildman–Crippen LogP) is 19.8. The van der Waals surface area contributed by atoms with Crippen molar-refractivity contribution in [3.05, 3.63) is 97.2 Å². The maximum Gasteiger partial charge on any atom is 0.472 e. The fraction of sp³-hybridized carbons (Fsp3) is 0.746. The smallest absolute Gasteiger partial charge is 0.387 e. The molecule has 76 heavy (non-hydrogen) atoms. The van der Waals surface area contributed by atoms with E-state index in [-0.39, 0.29) is 19.1 Å². The molecule has 0 aliphatic rings. The number of rotatable bonds is 57. The van der Waals surface area contributed by atoms with Crippen molar-refractivity contribution in [3.8, 4) is 0 Å². The number of nitrogens with one attached hydrogen (secondary N) is 1. The third-order valence-electron chi connectivity index (χ3n) is 13.8. The summed E-state index contributed by atoms with van der Waals surface area (Å²) in [5, 5.41) is 14.0. The van der Waals surface area contributed by atoms with Gasteiger partial charge in [0.05, 0.1) is 39.9 Å². The Morgan fingerprint density at radius 2 is 0.789 bits per heavy atom. The number of phosphoric ester groups is 1. The van der Waals surface area contributed by atoms with Gasteiger partial charge in [-0.1, -0.05) is 284 Å². The van der Waals surface area contributed by atoms with Gasteiger partial charge in [-0.25, -0.2) is 4.57 Å². The van der Waals surface area contributed by atoms with Crippen LogP contribution < -0.4 is 5.32 Å². The minimum absolute atomic E-state index is 0.0584. The Balaban J connectivity index is 4.12. The molecule has 0 heterocycles. The Morgan fingerprint density at radius 3 is 1.16 bits per heavy atom. The van der Waals surface area contributed by atoms with Crippen LogP contribution in [0.4, 0.5) is 0 Å². The molecule has 0 bridgehead atoms. The number of nitrogens with zero attached hydrogens (tertiary/aromatic N) is 1. The highest BCUT2D eigenvalue weighted by molar-refractivity contribution is 7.47. The first-order valence-electron chi connectivity index (χ1n) is 31.6. The van der Waals surface area contributed by atoms with Crippen LogP contribution in [-0.2, 0) is 18.4 Å². The van der Waals surface area contributed by atoms with Crippen LogP contribution in [0.5, 0.6) is 0 Å². The van der Waals surface area contributed by atoms with Crippen LogP contribution in [0.3, 0.4) is 0 Å². The minimum atomic E-state index is -4.35. The van der Waals surface area contributed by atoms with E-state index in [0.29, 0.717) is 17.4 Å². The summed E-state index contributed by atoms with van der Waals surface area (Å²) in [7, 11) is 1.57. The first kappa shape index (κ1) is 73.4. The van der Waals surface area contributed by atoms with E-state index in [4.69, 9.17) is 9.05 Å². The number of quaternary nitrogens is 1. The zero-order valence-electron chi connectivity index (χ0n) is 50.2. The third-order valence-corrected chi connectivity index (χ3v) is 14.8. The summed E-state index contributed by atoms with van der Waals surface area (Å²) >= 11 is 0. The number of hydrogen-bond donors (Lipinski definition) is 3. The second-order valence-corrected chi connectivity index (χ2v) is 23.9. The van der Waals surface area contributed by atoms with E-state index in [0.717, 1.165) is 83.5 Å². The second-order valence-electron chi connectivity index (χ2n) is 22.4. The summed E-state index contributed by atoms with van der Waals surface area (Å²) in [5.74, 6) is -0.179. The molecule has 0 spiro atoms. The lowest BCUT2D eigenvalue weighted by Gasteiger charge is -2.25. The molecule has 0 aliphatic carbocycles. The van der Waals surface area contributed by atoms with E-state index in [1.165, 1.54) is 167 Å². The second kappa shape index (κ2) is 57.1. The van der Waals surface area contributed by atoms with Gasteiger partial charge in [-0.2, -0.15) is 0 Å². The lowest BCUT2D eigenvalue weighted by atomic mass is 10.0. The molecule has 0 rings (SSSR count). The molecule has 440 valence electrons. The Morgan fingerprint density at radius 1 is 0.461 bits per heavy atom. The fourth-order valence-corrected chi connectivity index (χ4v) is 9.64. The van der Waals surface area contributed by atoms with Gasteiger partial charge in [0.15, 0.2) is 0 Å². The normalized spacial score (nSPS) is 14.5. The molecule has 3 unspecified atom stereocenters. The Hall–Kier alpha value is -2.58. The van der Waals surface area contributed by atoms with Crippen molar-refractivity contribution in [2.75, 3.05) is 40.9 Å². The highest BCUT2D eigenvalue weighted by Crippen LogP contribution is 2.43. The predicted molar refractivity (Wildman–Crippen MR) is 332 cm³/mol. The SMILES string of the molecule is CC/C=C\C/C=C\C/C=C\C/C=C\C/C=C\C/C=C\C/C=C\CCCCCCCCCCCCCCCC(=O)NC(COP(=O)(O)OCC[N+](C)(C)C)C(O)/C=C/CCCCCCCCCCCCCCCCCCC. The largest absolute Gasteiger partial charge is 0.472 e. The molecular weight excluding hydrogens is 960 g/mol. The number of hydrogen-bond acceptors (Lipinski definition) is 5. The van der Waals surface area contributed by atoms with Gasteiger partial charge in [0.2, 0.25) is 5.91 Å². The maximum absolute atomic E-state index is 13.0. The van der Waals surface area contributed by atoms with Crippen LogP contribution in [0.25, 0.3) is 0 Å². The highest BCUT2D eigenvalue weighted by Gasteiger charge is 2.27. The molecule has 0 radical (unpaired) electrons. The molecule has 1 amide bonds. The van der Waals surface area contributed by atoms with Crippen molar-refractivity contribution in [1.29, 1.82) is 0 Å². The summed E-state index contributed by atoms with van der Waals surface area (Å²) in [4.78, 5) is 23.4. The van der Waals surface area contributed by atoms with Crippen molar-refractivity contribution in [2.45, 2.75) is 283 Å². The lowest BCUT2D eigenvalue weighted by Crippen LogP contribution is -2.45. The summed E-state index contributed by atoms with van der Waals surface area (Å²) in [6.07, 6.45) is 82.3. The number of aliphatic hydroxyl groups is 1. The van der Waals surface area contributed by atoms with Crippen molar-refractivity contribution >= 4 is 13.7 Å². The molecule has 8 nitrogen and oxygen atoms in total. The zero-order chi connectivity index (χ0) is 55.6. The molecule has 3 N–H and O–H groups in total. The van der Waals surface area contributed by atoms with E-state index in [9.17, 15) is 19.4 Å². The number of carbonyl (C=O) groups is 1. The monoisotopic (exact) mass is 1080 g/mol. The van der Waals surface area contributed by atoms with Crippen LogP contribution in [-0.4, -0.2) is 73.4 Å². The third kappa shape index (κ3) is 59.1. The Kier molecular flexibility index (Phi) is 55.2. The molecule has 0 saturated heterocycles. The van der Waals surface area contributed by atoms with E-state index < -0.39 is 20.0 Å². The van der Waals surface area contributed by atoms with Crippen molar-refractivity contribution in [3.63, 3.8) is 0 Å². The zero-order valence-corrected chi connectivity index (χ0v) is 51.1. The van der Waals surface area contributed by atoms with Crippen LogP contribution >= 0.6 is 7.82 Å². The standard InChI is InChI=1S/C67H121N2O6P/c1-6-8-10-12-14-16-18-20-22-24-26-27-28-29-30-31-32-33-34-35-36-37-38-39-40-41-43-45-47-49-51-53-55-57-59-61-67(71)68-65(64-75-76(72,73)74-63-62-69(3,4)5)66(70)60-58-56-54-52-50-48-46-44-42-25-23-21-19-17-15-13-11-9-7-2/h8,10,14,16,20,22,26-27,29-30,32-33,35-36,58,60,65-66,70H,6-7,9,11-13,15,17-19,21,23-25,28,31,34,37-57,59,61-64H2,1-5H3,(H-,68,71,72,73)/p+1/b10-8-,16-14-,22-20-,27-26-,30-29-,33-32-,36-35-,60-58+. The maximum atomic E-state index is 13.0. The fourth-order valence-electron chi connectivity index (χ4n) is 8.91. The average Bonchev–Trinajstić information content (AvgIpc) is 3.38. The van der Waals surface area contributed by atoms with Crippen LogP contribution in [0.2, 0.25) is 0 Å². The molecule has 3 atom stereocenters. The van der Waals surface area contributed by atoms with E-state index >= 15 is 0 Å². The molecule has 0 saturated carbocycles. The van der Waals surface area contributed by atoms with Gasteiger partial charge >= 0.3 is 7.82 Å². The Bertz CT molecular complexity index is 1560. The van der Waals surface area contributed by atoms with Gasteiger partial charge in [-0.3, -0.25) is 13.8 Å². The van der Waals surface area contributed by atoms with Gasteiger partial charge in [-0.15, -0.1) is 0 Å². The molecular formula is C67H122N2O6P+. The average molecular weight is 1080 g/mol. The van der Waals surface area contributed by atoms with Gasteiger partial charge in [0, 0.05) is 6.42 Å². The summed E-state index contributed by atoms with van der Waals surface area (Å²) in [6.45, 7) is 4.72. The number of unbranched alkanes of at least 4 members (excludes halogenated alkanes) is 30. The van der Waals surface area contributed by atoms with Crippen molar-refractivity contribution < 1.29 is 32.9 Å². The Labute approximate surface area is 470 Å². The number of carbonyl (C=O) groups excluding carboxylic acids is 1. The topological polar surface area (TPSA) is 105 Å².